The summed E-state index contributed by atoms with van der Waals surface area (Å²) >= 11 is 7.78. The van der Waals surface area contributed by atoms with Crippen LogP contribution >= 0.6 is 23.4 Å². The van der Waals surface area contributed by atoms with Crippen molar-refractivity contribution in [2.75, 3.05) is 12.9 Å². The first kappa shape index (κ1) is 20.4. The summed E-state index contributed by atoms with van der Waals surface area (Å²) in [7, 11) is 0. The number of halogens is 2. The lowest BCUT2D eigenvalue weighted by Gasteiger charge is -2.13. The summed E-state index contributed by atoms with van der Waals surface area (Å²) in [6.07, 6.45) is 3.49. The molecule has 4 rings (SSSR count). The maximum absolute atomic E-state index is 13.6. The molecule has 5 nitrogen and oxygen atoms in total. The Hall–Kier alpha value is -2.90. The summed E-state index contributed by atoms with van der Waals surface area (Å²) in [5.74, 6) is -0.833. The zero-order valence-corrected chi connectivity index (χ0v) is 17.8. The molecule has 0 aliphatic rings. The van der Waals surface area contributed by atoms with Gasteiger partial charge in [0, 0.05) is 27.9 Å². The number of carbonyl (C=O) groups excluding carboxylic acids is 1. The predicted octanol–water partition coefficient (Wildman–Crippen LogP) is 5.75. The largest absolute Gasteiger partial charge is 0.462 e. The number of thioether (sulfide) groups is 1. The summed E-state index contributed by atoms with van der Waals surface area (Å²) in [5.41, 5.74) is 3.51. The minimum atomic E-state index is -0.486. The lowest BCUT2D eigenvalue weighted by atomic mass is 10.0. The Morgan fingerprint density at radius 1 is 1.17 bits per heavy atom. The zero-order chi connectivity index (χ0) is 21.3. The van der Waals surface area contributed by atoms with Crippen molar-refractivity contribution in [2.24, 2.45) is 0 Å². The lowest BCUT2D eigenvalue weighted by molar-refractivity contribution is 0.0524. The van der Waals surface area contributed by atoms with Crippen molar-refractivity contribution >= 4 is 35.0 Å². The topological polar surface area (TPSA) is 56.5 Å². The van der Waals surface area contributed by atoms with Gasteiger partial charge in [-0.1, -0.05) is 29.8 Å². The molecule has 30 heavy (non-hydrogen) atoms. The molecule has 0 atom stereocenters. The van der Waals surface area contributed by atoms with Gasteiger partial charge < -0.3 is 4.74 Å². The second-order valence-electron chi connectivity index (χ2n) is 6.35. The van der Waals surface area contributed by atoms with Crippen molar-refractivity contribution in [1.29, 1.82) is 0 Å². The van der Waals surface area contributed by atoms with E-state index in [2.05, 4.69) is 10.1 Å². The van der Waals surface area contributed by atoms with Gasteiger partial charge in [-0.2, -0.15) is 5.10 Å². The van der Waals surface area contributed by atoms with E-state index in [1.54, 1.807) is 35.8 Å². The van der Waals surface area contributed by atoms with Crippen molar-refractivity contribution in [1.82, 2.24) is 14.6 Å². The molecule has 0 saturated carbocycles. The van der Waals surface area contributed by atoms with Crippen LogP contribution in [0.25, 0.3) is 28.0 Å². The van der Waals surface area contributed by atoms with E-state index >= 15 is 0 Å². The summed E-state index contributed by atoms with van der Waals surface area (Å²) in [5, 5.41) is 5.68. The van der Waals surface area contributed by atoms with Crippen molar-refractivity contribution in [2.45, 2.75) is 11.9 Å². The fraction of sp³-hybridized carbons (Fsp3) is 0.136. The first-order chi connectivity index (χ1) is 14.5. The van der Waals surface area contributed by atoms with Crippen LogP contribution in [0.15, 0.2) is 59.8 Å². The van der Waals surface area contributed by atoms with E-state index in [1.807, 2.05) is 24.5 Å². The molecule has 2 heterocycles. The number of nitrogens with zero attached hydrogens (tertiary/aromatic N) is 3. The van der Waals surface area contributed by atoms with Crippen LogP contribution in [0.4, 0.5) is 4.39 Å². The van der Waals surface area contributed by atoms with E-state index in [0.29, 0.717) is 38.1 Å². The Balaban J connectivity index is 2.08. The van der Waals surface area contributed by atoms with Gasteiger partial charge in [0.15, 0.2) is 5.65 Å². The van der Waals surface area contributed by atoms with Gasteiger partial charge in [-0.25, -0.2) is 18.7 Å². The van der Waals surface area contributed by atoms with Crippen LogP contribution in [-0.4, -0.2) is 33.4 Å². The van der Waals surface area contributed by atoms with Gasteiger partial charge in [-0.15, -0.1) is 11.8 Å². The van der Waals surface area contributed by atoms with E-state index < -0.39 is 5.97 Å². The molecule has 4 aromatic rings. The van der Waals surface area contributed by atoms with Crippen LogP contribution in [-0.2, 0) is 4.74 Å². The molecule has 0 aliphatic heterocycles. The minimum Gasteiger partial charge on any atom is -0.462 e. The molecule has 0 N–H and O–H groups in total. The average Bonchev–Trinajstić information content (AvgIpc) is 3.13. The van der Waals surface area contributed by atoms with Gasteiger partial charge in [0.05, 0.1) is 12.3 Å². The molecular weight excluding hydrogens is 425 g/mol. The van der Waals surface area contributed by atoms with E-state index in [-0.39, 0.29) is 12.4 Å². The van der Waals surface area contributed by atoms with Crippen molar-refractivity contribution in [3.8, 4) is 22.4 Å². The van der Waals surface area contributed by atoms with Gasteiger partial charge in [-0.3, -0.25) is 0 Å². The highest BCUT2D eigenvalue weighted by molar-refractivity contribution is 7.98. The average molecular weight is 442 g/mol. The van der Waals surface area contributed by atoms with Crippen molar-refractivity contribution in [3.05, 3.63) is 71.1 Å². The standard InChI is InChI=1S/C22H17ClFN3O2S/c1-3-29-22(28)18-20-25-12-16(15-6-4-5-7-17(15)23)19(27(20)26-21(18)30-2)13-8-10-14(24)11-9-13/h4-12H,3H2,1-2H3. The van der Waals surface area contributed by atoms with Gasteiger partial charge in [-0.05, 0) is 43.5 Å². The Morgan fingerprint density at radius 2 is 1.90 bits per heavy atom. The molecule has 0 fully saturated rings. The SMILES string of the molecule is CCOC(=O)c1c(SC)nn2c(-c3ccc(F)cc3)c(-c3ccccc3Cl)cnc12. The van der Waals surface area contributed by atoms with Crippen LogP contribution in [0.5, 0.6) is 0 Å². The molecule has 0 radical (unpaired) electrons. The van der Waals surface area contributed by atoms with Gasteiger partial charge in [0.2, 0.25) is 0 Å². The van der Waals surface area contributed by atoms with Crippen LogP contribution in [0.1, 0.15) is 17.3 Å². The molecule has 0 bridgehead atoms. The molecule has 0 spiro atoms. The normalized spacial score (nSPS) is 11.1. The fourth-order valence-electron chi connectivity index (χ4n) is 3.25. The number of ether oxygens (including phenoxy) is 1. The summed E-state index contributed by atoms with van der Waals surface area (Å²) in [6.45, 7) is 1.99. The van der Waals surface area contributed by atoms with E-state index in [4.69, 9.17) is 16.3 Å². The Kier molecular flexibility index (Phi) is 5.74. The zero-order valence-electron chi connectivity index (χ0n) is 16.2. The molecule has 0 aliphatic carbocycles. The molecule has 152 valence electrons. The highest BCUT2D eigenvalue weighted by atomic mass is 35.5. The first-order valence-corrected chi connectivity index (χ1v) is 10.8. The van der Waals surface area contributed by atoms with Crippen molar-refractivity contribution in [3.63, 3.8) is 0 Å². The number of carbonyl (C=O) groups is 1. The highest BCUT2D eigenvalue weighted by Gasteiger charge is 2.25. The smallest absolute Gasteiger partial charge is 0.344 e. The first-order valence-electron chi connectivity index (χ1n) is 9.18. The van der Waals surface area contributed by atoms with Gasteiger partial charge >= 0.3 is 5.97 Å². The van der Waals surface area contributed by atoms with E-state index in [9.17, 15) is 9.18 Å². The number of hydrogen-bond acceptors (Lipinski definition) is 5. The van der Waals surface area contributed by atoms with E-state index in [0.717, 1.165) is 5.56 Å². The Morgan fingerprint density at radius 3 is 2.57 bits per heavy atom. The van der Waals surface area contributed by atoms with Gasteiger partial charge in [0.25, 0.3) is 0 Å². The third-order valence-corrected chi connectivity index (χ3v) is 5.57. The van der Waals surface area contributed by atoms with Crippen molar-refractivity contribution < 1.29 is 13.9 Å². The predicted molar refractivity (Wildman–Crippen MR) is 117 cm³/mol. The Bertz CT molecular complexity index is 1240. The van der Waals surface area contributed by atoms with Crippen LogP contribution in [0.2, 0.25) is 5.02 Å². The molecule has 2 aromatic carbocycles. The maximum Gasteiger partial charge on any atom is 0.344 e. The molecule has 0 saturated heterocycles. The molecule has 0 unspecified atom stereocenters. The third kappa shape index (κ3) is 3.55. The van der Waals surface area contributed by atoms with E-state index in [1.165, 1.54) is 23.9 Å². The summed E-state index contributed by atoms with van der Waals surface area (Å²) < 4.78 is 20.4. The fourth-order valence-corrected chi connectivity index (χ4v) is 4.03. The quantitative estimate of drug-likeness (QED) is 0.291. The lowest BCUT2D eigenvalue weighted by Crippen LogP contribution is -2.07. The highest BCUT2D eigenvalue weighted by Crippen LogP contribution is 2.37. The summed E-state index contributed by atoms with van der Waals surface area (Å²) in [4.78, 5) is 17.1. The second kappa shape index (κ2) is 8.45. The number of benzene rings is 2. The number of rotatable bonds is 5. The number of esters is 1. The molecule has 8 heteroatoms. The Labute approximate surface area is 181 Å². The van der Waals surface area contributed by atoms with Crippen LogP contribution in [0.3, 0.4) is 0 Å². The van der Waals surface area contributed by atoms with Crippen LogP contribution < -0.4 is 0 Å². The van der Waals surface area contributed by atoms with Gasteiger partial charge in [0.1, 0.15) is 16.4 Å². The molecular formula is C22H17ClFN3O2S. The number of aromatic nitrogens is 3. The monoisotopic (exact) mass is 441 g/mol. The van der Waals surface area contributed by atoms with Crippen LogP contribution in [0, 0.1) is 5.82 Å². The maximum atomic E-state index is 13.6. The third-order valence-electron chi connectivity index (χ3n) is 4.57. The minimum absolute atomic E-state index is 0.243. The molecule has 2 aromatic heterocycles. The molecule has 0 amide bonds. The number of fused-ring (bicyclic) bond motifs is 1. The summed E-state index contributed by atoms with van der Waals surface area (Å²) in [6, 6.07) is 13.5. The number of hydrogen-bond donors (Lipinski definition) is 0. The second-order valence-corrected chi connectivity index (χ2v) is 7.55.